The van der Waals surface area contributed by atoms with Crippen molar-refractivity contribution in [3.05, 3.63) is 0 Å². The van der Waals surface area contributed by atoms with Crippen LogP contribution in [0, 0.1) is 17.8 Å². The van der Waals surface area contributed by atoms with Crippen molar-refractivity contribution in [3.63, 3.8) is 0 Å². The summed E-state index contributed by atoms with van der Waals surface area (Å²) in [5.74, 6) is 3.51. The number of hydrogen-bond acceptors (Lipinski definition) is 2. The maximum Gasteiger partial charge on any atom is 0.187 e. The molecule has 17 heavy (non-hydrogen) atoms. The molecule has 1 aliphatic heterocycles. The number of nitrogens with zero attached hydrogens (tertiary/aromatic N) is 1. The van der Waals surface area contributed by atoms with Crippen LogP contribution in [0.4, 0.5) is 0 Å². The first-order valence-electron chi connectivity index (χ1n) is 7.46. The minimum atomic E-state index is 0.424. The summed E-state index contributed by atoms with van der Waals surface area (Å²) in [7, 11) is 0. The van der Waals surface area contributed by atoms with Crippen LogP contribution in [-0.2, 0) is 4.74 Å². The molecular formula is C15H25NO. The molecule has 0 saturated heterocycles. The van der Waals surface area contributed by atoms with Crippen LogP contribution in [0.2, 0.25) is 0 Å². The molecule has 2 heteroatoms. The molecule has 3 atom stereocenters. The van der Waals surface area contributed by atoms with E-state index in [1.807, 2.05) is 0 Å². The Morgan fingerprint density at radius 1 is 0.941 bits per heavy atom. The van der Waals surface area contributed by atoms with Crippen molar-refractivity contribution >= 4 is 5.90 Å². The monoisotopic (exact) mass is 235 g/mol. The first kappa shape index (κ1) is 11.6. The summed E-state index contributed by atoms with van der Waals surface area (Å²) < 4.78 is 6.16. The van der Waals surface area contributed by atoms with Gasteiger partial charge in [-0.05, 0) is 56.8 Å². The lowest BCUT2D eigenvalue weighted by Gasteiger charge is -2.28. The van der Waals surface area contributed by atoms with Gasteiger partial charge in [0.1, 0.15) is 6.10 Å². The first-order valence-corrected chi connectivity index (χ1v) is 7.46. The predicted octanol–water partition coefficient (Wildman–Crippen LogP) is 3.80. The maximum atomic E-state index is 6.16. The third-order valence-electron chi connectivity index (χ3n) is 4.95. The Morgan fingerprint density at radius 3 is 2.41 bits per heavy atom. The molecule has 2 aliphatic carbocycles. The minimum absolute atomic E-state index is 0.424. The zero-order chi connectivity index (χ0) is 11.8. The molecule has 3 unspecified atom stereocenters. The standard InChI is InChI=1S/C15H25NO/c1-10-3-6-12(7-4-10)15-16-13-8-5-11(2)9-14(13)17-15/h10-14H,3-9H2,1-2H3. The third kappa shape index (κ3) is 2.36. The van der Waals surface area contributed by atoms with Crippen molar-refractivity contribution in [2.75, 3.05) is 0 Å². The Kier molecular flexibility index (Phi) is 3.14. The SMILES string of the molecule is CC1CCC(C2=NC3CCC(C)CC3O2)CC1. The van der Waals surface area contributed by atoms with Gasteiger partial charge in [0.15, 0.2) is 5.90 Å². The van der Waals surface area contributed by atoms with E-state index in [-0.39, 0.29) is 0 Å². The van der Waals surface area contributed by atoms with Crippen LogP contribution in [0.25, 0.3) is 0 Å². The lowest BCUT2D eigenvalue weighted by molar-refractivity contribution is 0.116. The summed E-state index contributed by atoms with van der Waals surface area (Å²) in [6, 6.07) is 0.501. The van der Waals surface area contributed by atoms with Crippen molar-refractivity contribution in [2.24, 2.45) is 22.7 Å². The number of rotatable bonds is 1. The highest BCUT2D eigenvalue weighted by Crippen LogP contribution is 2.37. The van der Waals surface area contributed by atoms with E-state index < -0.39 is 0 Å². The smallest absolute Gasteiger partial charge is 0.187 e. The molecule has 0 amide bonds. The van der Waals surface area contributed by atoms with Gasteiger partial charge in [-0.15, -0.1) is 0 Å². The van der Waals surface area contributed by atoms with E-state index in [0.717, 1.165) is 17.7 Å². The van der Waals surface area contributed by atoms with E-state index in [9.17, 15) is 0 Å². The molecule has 0 N–H and O–H groups in total. The van der Waals surface area contributed by atoms with Crippen molar-refractivity contribution in [3.8, 4) is 0 Å². The van der Waals surface area contributed by atoms with Crippen molar-refractivity contribution in [1.29, 1.82) is 0 Å². The maximum absolute atomic E-state index is 6.16. The molecule has 3 aliphatic rings. The Morgan fingerprint density at radius 2 is 1.65 bits per heavy atom. The van der Waals surface area contributed by atoms with Gasteiger partial charge < -0.3 is 4.74 Å². The molecule has 0 bridgehead atoms. The number of fused-ring (bicyclic) bond motifs is 1. The molecule has 96 valence electrons. The van der Waals surface area contributed by atoms with Crippen LogP contribution in [0.1, 0.15) is 58.8 Å². The number of ether oxygens (including phenoxy) is 1. The van der Waals surface area contributed by atoms with Gasteiger partial charge in [0.25, 0.3) is 0 Å². The summed E-state index contributed by atoms with van der Waals surface area (Å²) >= 11 is 0. The molecule has 0 aromatic carbocycles. The van der Waals surface area contributed by atoms with Crippen LogP contribution in [0.15, 0.2) is 4.99 Å². The topological polar surface area (TPSA) is 21.6 Å². The normalized spacial score (nSPS) is 46.0. The molecule has 0 aromatic rings. The molecule has 0 radical (unpaired) electrons. The molecular weight excluding hydrogens is 210 g/mol. The Labute approximate surface area is 105 Å². The molecule has 0 aromatic heterocycles. The number of aliphatic imine (C=N–C) groups is 1. The van der Waals surface area contributed by atoms with Crippen molar-refractivity contribution < 1.29 is 4.74 Å². The summed E-state index contributed by atoms with van der Waals surface area (Å²) in [5.41, 5.74) is 0. The highest BCUT2D eigenvalue weighted by Gasteiger charge is 2.38. The van der Waals surface area contributed by atoms with Gasteiger partial charge in [0, 0.05) is 5.92 Å². The largest absolute Gasteiger partial charge is 0.475 e. The summed E-state index contributed by atoms with van der Waals surface area (Å²) in [5, 5.41) is 0. The fourth-order valence-corrected chi connectivity index (χ4v) is 3.64. The summed E-state index contributed by atoms with van der Waals surface area (Å²) in [4.78, 5) is 4.89. The number of hydrogen-bond donors (Lipinski definition) is 0. The van der Waals surface area contributed by atoms with E-state index in [1.54, 1.807) is 0 Å². The highest BCUT2D eigenvalue weighted by atomic mass is 16.5. The van der Waals surface area contributed by atoms with Gasteiger partial charge in [-0.1, -0.05) is 13.8 Å². The Bertz CT molecular complexity index is 304. The lowest BCUT2D eigenvalue weighted by atomic mass is 9.83. The zero-order valence-corrected chi connectivity index (χ0v) is 11.2. The molecule has 2 nitrogen and oxygen atoms in total. The summed E-state index contributed by atoms with van der Waals surface area (Å²) in [6.07, 6.45) is 9.55. The van der Waals surface area contributed by atoms with Crippen LogP contribution >= 0.6 is 0 Å². The van der Waals surface area contributed by atoms with E-state index in [2.05, 4.69) is 13.8 Å². The van der Waals surface area contributed by atoms with Gasteiger partial charge in [-0.3, -0.25) is 0 Å². The third-order valence-corrected chi connectivity index (χ3v) is 4.95. The molecule has 1 heterocycles. The molecule has 0 spiro atoms. The Balaban J connectivity index is 1.62. The van der Waals surface area contributed by atoms with E-state index in [4.69, 9.17) is 9.73 Å². The summed E-state index contributed by atoms with van der Waals surface area (Å²) in [6.45, 7) is 4.72. The van der Waals surface area contributed by atoms with Crippen molar-refractivity contribution in [1.82, 2.24) is 0 Å². The Hall–Kier alpha value is -0.530. The molecule has 2 fully saturated rings. The average molecular weight is 235 g/mol. The fourth-order valence-electron chi connectivity index (χ4n) is 3.64. The highest BCUT2D eigenvalue weighted by molar-refractivity contribution is 5.80. The van der Waals surface area contributed by atoms with Crippen LogP contribution in [-0.4, -0.2) is 18.0 Å². The van der Waals surface area contributed by atoms with E-state index in [1.165, 1.54) is 44.9 Å². The van der Waals surface area contributed by atoms with Crippen molar-refractivity contribution in [2.45, 2.75) is 70.9 Å². The first-order chi connectivity index (χ1) is 8.22. The second-order valence-electron chi connectivity index (χ2n) is 6.57. The second kappa shape index (κ2) is 4.62. The van der Waals surface area contributed by atoms with E-state index in [0.29, 0.717) is 18.1 Å². The van der Waals surface area contributed by atoms with Gasteiger partial charge in [0.05, 0.1) is 6.04 Å². The van der Waals surface area contributed by atoms with Gasteiger partial charge in [-0.2, -0.15) is 0 Å². The average Bonchev–Trinajstić information content (AvgIpc) is 2.72. The fraction of sp³-hybridized carbons (Fsp3) is 0.933. The van der Waals surface area contributed by atoms with Crippen LogP contribution in [0.5, 0.6) is 0 Å². The van der Waals surface area contributed by atoms with Crippen LogP contribution < -0.4 is 0 Å². The van der Waals surface area contributed by atoms with Gasteiger partial charge in [0.2, 0.25) is 0 Å². The zero-order valence-electron chi connectivity index (χ0n) is 11.2. The minimum Gasteiger partial charge on any atom is -0.475 e. The van der Waals surface area contributed by atoms with E-state index >= 15 is 0 Å². The molecule has 2 saturated carbocycles. The lowest BCUT2D eigenvalue weighted by Crippen LogP contribution is -2.30. The van der Waals surface area contributed by atoms with Gasteiger partial charge >= 0.3 is 0 Å². The van der Waals surface area contributed by atoms with Crippen LogP contribution in [0.3, 0.4) is 0 Å². The quantitative estimate of drug-likeness (QED) is 0.677. The van der Waals surface area contributed by atoms with Gasteiger partial charge in [-0.25, -0.2) is 4.99 Å². The second-order valence-corrected chi connectivity index (χ2v) is 6.57. The predicted molar refractivity (Wildman–Crippen MR) is 70.2 cm³/mol. The molecule has 3 rings (SSSR count).